The van der Waals surface area contributed by atoms with Crippen LogP contribution in [0.15, 0.2) is 27.5 Å². The summed E-state index contributed by atoms with van der Waals surface area (Å²) in [5, 5.41) is 6.92. The lowest BCUT2D eigenvalue weighted by molar-refractivity contribution is 0.270. The van der Waals surface area contributed by atoms with E-state index in [2.05, 4.69) is 33.9 Å². The number of nitrogens with one attached hydrogen (secondary N) is 2. The minimum atomic E-state index is -0.188. The molecule has 0 amide bonds. The Bertz CT molecular complexity index is 839. The smallest absolute Gasteiger partial charge is 0.273 e. The minimum absolute atomic E-state index is 0.188. The van der Waals surface area contributed by atoms with Crippen LogP contribution in [0.25, 0.3) is 22.4 Å². The average Bonchev–Trinajstić information content (AvgIpc) is 3.10. The van der Waals surface area contributed by atoms with E-state index in [9.17, 15) is 4.79 Å². The van der Waals surface area contributed by atoms with Crippen LogP contribution in [-0.2, 0) is 6.54 Å². The molecule has 22 heavy (non-hydrogen) atoms. The summed E-state index contributed by atoms with van der Waals surface area (Å²) in [6, 6.07) is 3.93. The molecule has 0 aromatic carbocycles. The van der Waals surface area contributed by atoms with Gasteiger partial charge >= 0.3 is 0 Å². The Morgan fingerprint density at radius 3 is 2.73 bits per heavy atom. The molecule has 0 aliphatic carbocycles. The lowest BCUT2D eigenvalue weighted by Gasteiger charge is -2.15. The van der Waals surface area contributed by atoms with Crippen LogP contribution < -0.4 is 5.56 Å². The minimum Gasteiger partial charge on any atom is -0.458 e. The fraction of sp³-hybridized carbons (Fsp3) is 0.375. The van der Waals surface area contributed by atoms with E-state index < -0.39 is 0 Å². The Morgan fingerprint density at radius 2 is 2.05 bits per heavy atom. The summed E-state index contributed by atoms with van der Waals surface area (Å²) in [7, 11) is 0. The van der Waals surface area contributed by atoms with Crippen molar-refractivity contribution in [2.45, 2.75) is 27.3 Å². The van der Waals surface area contributed by atoms with Crippen LogP contribution in [0.2, 0.25) is 0 Å². The van der Waals surface area contributed by atoms with Crippen LogP contribution in [0.4, 0.5) is 0 Å². The summed E-state index contributed by atoms with van der Waals surface area (Å²) < 4.78 is 5.95. The number of H-pyrrole nitrogens is 2. The Morgan fingerprint density at radius 1 is 1.27 bits per heavy atom. The van der Waals surface area contributed by atoms with Crippen molar-refractivity contribution in [2.75, 3.05) is 13.1 Å². The van der Waals surface area contributed by atoms with Crippen LogP contribution in [0, 0.1) is 6.92 Å². The van der Waals surface area contributed by atoms with Gasteiger partial charge in [-0.2, -0.15) is 5.10 Å². The predicted octanol–water partition coefficient (Wildman–Crippen LogP) is 2.66. The molecule has 3 aromatic heterocycles. The molecule has 6 nitrogen and oxygen atoms in total. The highest BCUT2D eigenvalue weighted by atomic mass is 16.3. The first-order valence-electron chi connectivity index (χ1n) is 7.51. The second kappa shape index (κ2) is 5.81. The van der Waals surface area contributed by atoms with E-state index in [4.69, 9.17) is 4.42 Å². The summed E-state index contributed by atoms with van der Waals surface area (Å²) in [6.45, 7) is 8.94. The Hall–Kier alpha value is -2.34. The van der Waals surface area contributed by atoms with Crippen LogP contribution in [-0.4, -0.2) is 33.2 Å². The van der Waals surface area contributed by atoms with Gasteiger partial charge in [0.15, 0.2) is 5.76 Å². The first-order valence-corrected chi connectivity index (χ1v) is 7.51. The van der Waals surface area contributed by atoms with Crippen molar-refractivity contribution in [3.05, 3.63) is 40.0 Å². The van der Waals surface area contributed by atoms with Gasteiger partial charge in [0, 0.05) is 0 Å². The van der Waals surface area contributed by atoms with Crippen LogP contribution in [0.5, 0.6) is 0 Å². The van der Waals surface area contributed by atoms with E-state index in [1.807, 2.05) is 19.1 Å². The van der Waals surface area contributed by atoms with E-state index in [1.54, 1.807) is 6.20 Å². The molecule has 0 unspecified atom stereocenters. The van der Waals surface area contributed by atoms with Crippen molar-refractivity contribution >= 4 is 10.9 Å². The van der Waals surface area contributed by atoms with Gasteiger partial charge in [0.25, 0.3) is 5.56 Å². The topological polar surface area (TPSA) is 77.9 Å². The highest BCUT2D eigenvalue weighted by Crippen LogP contribution is 2.29. The standard InChI is InChI=1S/C16H20N4O2/c1-4-20(5-2)9-11-6-7-13(22-11)15-10(3)14-12(18-15)8-17-19-16(14)21/h6-8,18H,4-5,9H2,1-3H3,(H,19,21). The fourth-order valence-corrected chi connectivity index (χ4v) is 2.73. The molecule has 0 spiro atoms. The SMILES string of the molecule is CCN(CC)Cc1ccc(-c2[nH]c3cn[nH]c(=O)c3c2C)o1. The summed E-state index contributed by atoms with van der Waals surface area (Å²) in [5.41, 5.74) is 2.24. The van der Waals surface area contributed by atoms with E-state index in [0.29, 0.717) is 5.39 Å². The van der Waals surface area contributed by atoms with Crippen molar-refractivity contribution in [3.8, 4) is 11.5 Å². The van der Waals surface area contributed by atoms with E-state index in [1.165, 1.54) is 0 Å². The van der Waals surface area contributed by atoms with Gasteiger partial charge in [-0.3, -0.25) is 9.69 Å². The number of aryl methyl sites for hydroxylation is 1. The van der Waals surface area contributed by atoms with E-state index in [-0.39, 0.29) is 5.56 Å². The quantitative estimate of drug-likeness (QED) is 0.759. The van der Waals surface area contributed by atoms with Gasteiger partial charge < -0.3 is 9.40 Å². The zero-order chi connectivity index (χ0) is 15.7. The molecular weight excluding hydrogens is 280 g/mol. The number of aromatic nitrogens is 3. The Kier molecular flexibility index (Phi) is 3.85. The zero-order valence-electron chi connectivity index (χ0n) is 13.1. The van der Waals surface area contributed by atoms with Crippen LogP contribution >= 0.6 is 0 Å². The third-order valence-corrected chi connectivity index (χ3v) is 4.05. The van der Waals surface area contributed by atoms with Gasteiger partial charge in [0.2, 0.25) is 0 Å². The van der Waals surface area contributed by atoms with Gasteiger partial charge in [-0.15, -0.1) is 0 Å². The third-order valence-electron chi connectivity index (χ3n) is 4.05. The number of fused-ring (bicyclic) bond motifs is 1. The molecule has 0 saturated heterocycles. The molecule has 0 radical (unpaired) electrons. The lowest BCUT2D eigenvalue weighted by Crippen LogP contribution is -2.21. The summed E-state index contributed by atoms with van der Waals surface area (Å²) >= 11 is 0. The summed E-state index contributed by atoms with van der Waals surface area (Å²) in [5.74, 6) is 1.67. The van der Waals surface area contributed by atoms with Gasteiger partial charge in [-0.05, 0) is 37.7 Å². The molecule has 3 heterocycles. The number of furan rings is 1. The van der Waals surface area contributed by atoms with Gasteiger partial charge in [-0.1, -0.05) is 13.8 Å². The van der Waals surface area contributed by atoms with Crippen molar-refractivity contribution in [2.24, 2.45) is 0 Å². The number of hydrogen-bond acceptors (Lipinski definition) is 4. The molecule has 0 bridgehead atoms. The molecular formula is C16H20N4O2. The number of nitrogens with zero attached hydrogens (tertiary/aromatic N) is 2. The Labute approximate surface area is 128 Å². The van der Waals surface area contributed by atoms with Crippen molar-refractivity contribution in [1.29, 1.82) is 0 Å². The third kappa shape index (κ3) is 2.46. The highest BCUT2D eigenvalue weighted by molar-refractivity contribution is 5.88. The molecule has 2 N–H and O–H groups in total. The van der Waals surface area contributed by atoms with Gasteiger partial charge in [0.1, 0.15) is 5.76 Å². The number of rotatable bonds is 5. The molecule has 0 aliphatic heterocycles. The molecule has 0 saturated carbocycles. The Balaban J connectivity index is 1.99. The van der Waals surface area contributed by atoms with Crippen LogP contribution in [0.1, 0.15) is 25.2 Å². The second-order valence-electron chi connectivity index (χ2n) is 5.34. The van der Waals surface area contributed by atoms with Crippen LogP contribution in [0.3, 0.4) is 0 Å². The van der Waals surface area contributed by atoms with Crippen molar-refractivity contribution in [3.63, 3.8) is 0 Å². The maximum absolute atomic E-state index is 11.9. The molecule has 6 heteroatoms. The molecule has 0 fully saturated rings. The zero-order valence-corrected chi connectivity index (χ0v) is 13.1. The fourth-order valence-electron chi connectivity index (χ4n) is 2.73. The van der Waals surface area contributed by atoms with Crippen molar-refractivity contribution in [1.82, 2.24) is 20.1 Å². The highest BCUT2D eigenvalue weighted by Gasteiger charge is 2.16. The second-order valence-corrected chi connectivity index (χ2v) is 5.34. The molecule has 3 rings (SSSR count). The first-order chi connectivity index (χ1) is 10.6. The van der Waals surface area contributed by atoms with E-state index in [0.717, 1.165) is 47.9 Å². The largest absolute Gasteiger partial charge is 0.458 e. The number of aromatic amines is 2. The summed E-state index contributed by atoms with van der Waals surface area (Å²) in [4.78, 5) is 17.4. The predicted molar refractivity (Wildman–Crippen MR) is 85.8 cm³/mol. The molecule has 0 atom stereocenters. The van der Waals surface area contributed by atoms with Crippen molar-refractivity contribution < 1.29 is 4.42 Å². The first kappa shape index (κ1) is 14.6. The van der Waals surface area contributed by atoms with E-state index >= 15 is 0 Å². The molecule has 3 aromatic rings. The monoisotopic (exact) mass is 300 g/mol. The summed E-state index contributed by atoms with van der Waals surface area (Å²) in [6.07, 6.45) is 1.62. The molecule has 116 valence electrons. The average molecular weight is 300 g/mol. The lowest BCUT2D eigenvalue weighted by atomic mass is 10.2. The van der Waals surface area contributed by atoms with Gasteiger partial charge in [0.05, 0.1) is 29.3 Å². The van der Waals surface area contributed by atoms with Gasteiger partial charge in [-0.25, -0.2) is 5.10 Å². The normalized spacial score (nSPS) is 11.6. The number of hydrogen-bond donors (Lipinski definition) is 2. The maximum Gasteiger partial charge on any atom is 0.273 e. The maximum atomic E-state index is 11.9. The molecule has 0 aliphatic rings.